The second-order valence-electron chi connectivity index (χ2n) is 4.99. The van der Waals surface area contributed by atoms with Gasteiger partial charge in [-0.25, -0.2) is 0 Å². The first kappa shape index (κ1) is 14.0. The van der Waals surface area contributed by atoms with Gasteiger partial charge in [0.1, 0.15) is 0 Å². The van der Waals surface area contributed by atoms with E-state index in [0.717, 1.165) is 11.5 Å². The van der Waals surface area contributed by atoms with Crippen molar-refractivity contribution < 1.29 is 0 Å². The van der Waals surface area contributed by atoms with Gasteiger partial charge < -0.3 is 5.73 Å². The maximum atomic E-state index is 5.33. The molecule has 3 nitrogen and oxygen atoms in total. The van der Waals surface area contributed by atoms with E-state index in [0.29, 0.717) is 5.71 Å². The first-order chi connectivity index (χ1) is 9.16. The predicted molar refractivity (Wildman–Crippen MR) is 84.1 cm³/mol. The van der Waals surface area contributed by atoms with Crippen molar-refractivity contribution in [1.82, 2.24) is 5.43 Å². The smallest absolute Gasteiger partial charge is 0.184 e. The summed E-state index contributed by atoms with van der Waals surface area (Å²) in [7, 11) is 0. The summed E-state index contributed by atoms with van der Waals surface area (Å²) in [6, 6.07) is 8.51. The largest absolute Gasteiger partial charge is 0.375 e. The molecular formula is C15H20N3S. The summed E-state index contributed by atoms with van der Waals surface area (Å²) in [4.78, 5) is 0. The number of rotatable bonds is 3. The molecule has 1 aromatic rings. The van der Waals surface area contributed by atoms with Crippen LogP contribution in [-0.4, -0.2) is 10.8 Å². The molecule has 0 heterocycles. The van der Waals surface area contributed by atoms with Crippen molar-refractivity contribution in [2.45, 2.75) is 38.0 Å². The van der Waals surface area contributed by atoms with Crippen LogP contribution in [0, 0.1) is 6.92 Å². The van der Waals surface area contributed by atoms with Crippen LogP contribution in [0.5, 0.6) is 0 Å². The standard InChI is InChI=1S/C15H20N3S/c1-11(17-18-15(16)19)12-7-9-14(10-8-12)13-5-3-2-4-6-13/h7-10,13H,1-6H2,(H3,16,18,19)/b17-11-. The van der Waals surface area contributed by atoms with Gasteiger partial charge in [-0.05, 0) is 49.0 Å². The van der Waals surface area contributed by atoms with Gasteiger partial charge in [0.05, 0.1) is 5.71 Å². The van der Waals surface area contributed by atoms with Crippen molar-refractivity contribution in [3.63, 3.8) is 0 Å². The van der Waals surface area contributed by atoms with Crippen LogP contribution in [0.15, 0.2) is 29.4 Å². The Labute approximate surface area is 120 Å². The third kappa shape index (κ3) is 4.03. The van der Waals surface area contributed by atoms with Gasteiger partial charge >= 0.3 is 0 Å². The summed E-state index contributed by atoms with van der Waals surface area (Å²) in [5.41, 5.74) is 10.9. The molecule has 1 aliphatic rings. The van der Waals surface area contributed by atoms with Crippen LogP contribution in [0.4, 0.5) is 0 Å². The van der Waals surface area contributed by atoms with E-state index >= 15 is 0 Å². The maximum Gasteiger partial charge on any atom is 0.184 e. The van der Waals surface area contributed by atoms with Crippen molar-refractivity contribution in [2.75, 3.05) is 0 Å². The Morgan fingerprint density at radius 1 is 1.21 bits per heavy atom. The average Bonchev–Trinajstić information content (AvgIpc) is 2.46. The molecular weight excluding hydrogens is 254 g/mol. The van der Waals surface area contributed by atoms with Crippen molar-refractivity contribution in [1.29, 1.82) is 0 Å². The maximum absolute atomic E-state index is 5.33. The Hall–Kier alpha value is -1.42. The molecule has 0 amide bonds. The number of benzene rings is 1. The number of hydrogen-bond donors (Lipinski definition) is 2. The third-order valence-electron chi connectivity index (χ3n) is 3.62. The van der Waals surface area contributed by atoms with E-state index in [1.165, 1.54) is 37.7 Å². The zero-order chi connectivity index (χ0) is 13.7. The van der Waals surface area contributed by atoms with Gasteiger partial charge in [0.2, 0.25) is 0 Å². The summed E-state index contributed by atoms with van der Waals surface area (Å²) in [5, 5.41) is 4.18. The Bertz CT molecular complexity index is 459. The molecule has 101 valence electrons. The average molecular weight is 274 g/mol. The zero-order valence-electron chi connectivity index (χ0n) is 11.1. The highest BCUT2D eigenvalue weighted by molar-refractivity contribution is 7.80. The van der Waals surface area contributed by atoms with Crippen LogP contribution in [-0.2, 0) is 0 Å². The van der Waals surface area contributed by atoms with Gasteiger partial charge in [-0.3, -0.25) is 5.43 Å². The number of hydrogen-bond acceptors (Lipinski definition) is 2. The molecule has 0 unspecified atom stereocenters. The van der Waals surface area contributed by atoms with E-state index in [1.54, 1.807) is 0 Å². The number of nitrogens with one attached hydrogen (secondary N) is 1. The van der Waals surface area contributed by atoms with Crippen LogP contribution < -0.4 is 11.2 Å². The Kier molecular flexibility index (Phi) is 4.91. The Morgan fingerprint density at radius 2 is 1.84 bits per heavy atom. The second-order valence-corrected chi connectivity index (χ2v) is 5.43. The van der Waals surface area contributed by atoms with E-state index in [1.807, 2.05) is 0 Å². The van der Waals surface area contributed by atoms with Gasteiger partial charge in [0.25, 0.3) is 0 Å². The van der Waals surface area contributed by atoms with Crippen molar-refractivity contribution in [2.24, 2.45) is 10.8 Å². The van der Waals surface area contributed by atoms with Crippen LogP contribution in [0.3, 0.4) is 0 Å². The molecule has 1 fully saturated rings. The molecule has 0 aromatic heterocycles. The highest BCUT2D eigenvalue weighted by Crippen LogP contribution is 2.32. The fourth-order valence-corrected chi connectivity index (χ4v) is 2.62. The minimum Gasteiger partial charge on any atom is -0.375 e. The molecule has 3 N–H and O–H groups in total. The molecule has 1 aromatic carbocycles. The third-order valence-corrected chi connectivity index (χ3v) is 3.71. The molecule has 1 aliphatic carbocycles. The lowest BCUT2D eigenvalue weighted by Gasteiger charge is -2.22. The molecule has 0 aliphatic heterocycles. The molecule has 0 bridgehead atoms. The zero-order valence-corrected chi connectivity index (χ0v) is 11.9. The monoisotopic (exact) mass is 274 g/mol. The normalized spacial score (nSPS) is 17.2. The lowest BCUT2D eigenvalue weighted by molar-refractivity contribution is 0.443. The van der Waals surface area contributed by atoms with Crippen molar-refractivity contribution in [3.05, 3.63) is 42.3 Å². The summed E-state index contributed by atoms with van der Waals surface area (Å²) in [6.07, 6.45) is 6.72. The van der Waals surface area contributed by atoms with Gasteiger partial charge in [-0.2, -0.15) is 5.10 Å². The van der Waals surface area contributed by atoms with Crippen LogP contribution in [0.1, 0.15) is 49.1 Å². The van der Waals surface area contributed by atoms with Gasteiger partial charge in [0.15, 0.2) is 5.11 Å². The second kappa shape index (κ2) is 6.66. The summed E-state index contributed by atoms with van der Waals surface area (Å²) >= 11 is 4.70. The molecule has 0 atom stereocenters. The van der Waals surface area contributed by atoms with E-state index < -0.39 is 0 Å². The number of nitrogens with zero attached hydrogens (tertiary/aromatic N) is 1. The van der Waals surface area contributed by atoms with E-state index in [-0.39, 0.29) is 5.11 Å². The Balaban J connectivity index is 2.05. The molecule has 4 heteroatoms. The molecule has 0 saturated heterocycles. The highest BCUT2D eigenvalue weighted by atomic mass is 32.1. The fraction of sp³-hybridized carbons (Fsp3) is 0.400. The van der Waals surface area contributed by atoms with E-state index in [2.05, 4.69) is 41.7 Å². The SMILES string of the molecule is [CH2]/C(=N/NC(N)=S)c1ccc(C2CCCCC2)cc1. The van der Waals surface area contributed by atoms with Crippen LogP contribution >= 0.6 is 12.2 Å². The van der Waals surface area contributed by atoms with Gasteiger partial charge in [-0.1, -0.05) is 43.5 Å². The molecule has 1 radical (unpaired) electrons. The van der Waals surface area contributed by atoms with Crippen molar-refractivity contribution in [3.8, 4) is 0 Å². The van der Waals surface area contributed by atoms with Gasteiger partial charge in [-0.15, -0.1) is 0 Å². The number of hydrazone groups is 1. The lowest BCUT2D eigenvalue weighted by Crippen LogP contribution is -2.25. The van der Waals surface area contributed by atoms with Crippen LogP contribution in [0.2, 0.25) is 0 Å². The quantitative estimate of drug-likeness (QED) is 0.506. The molecule has 19 heavy (non-hydrogen) atoms. The van der Waals surface area contributed by atoms with Crippen LogP contribution in [0.25, 0.3) is 0 Å². The summed E-state index contributed by atoms with van der Waals surface area (Å²) in [5.74, 6) is 0.725. The first-order valence-electron chi connectivity index (χ1n) is 6.72. The highest BCUT2D eigenvalue weighted by Gasteiger charge is 2.15. The summed E-state index contributed by atoms with van der Waals surface area (Å²) < 4.78 is 0. The number of thiocarbonyl (C=S) groups is 1. The summed E-state index contributed by atoms with van der Waals surface area (Å²) in [6.45, 7) is 3.89. The van der Waals surface area contributed by atoms with Crippen molar-refractivity contribution >= 4 is 23.0 Å². The minimum absolute atomic E-state index is 0.153. The van der Waals surface area contributed by atoms with Gasteiger partial charge in [0, 0.05) is 0 Å². The topological polar surface area (TPSA) is 50.4 Å². The first-order valence-corrected chi connectivity index (χ1v) is 7.13. The van der Waals surface area contributed by atoms with E-state index in [4.69, 9.17) is 18.0 Å². The predicted octanol–water partition coefficient (Wildman–Crippen LogP) is 3.11. The minimum atomic E-state index is 0.153. The fourth-order valence-electron chi connectivity index (χ4n) is 2.57. The number of nitrogens with two attached hydrogens (primary N) is 1. The Morgan fingerprint density at radius 3 is 2.42 bits per heavy atom. The molecule has 2 rings (SSSR count). The lowest BCUT2D eigenvalue weighted by atomic mass is 9.84. The molecule has 1 saturated carbocycles. The van der Waals surface area contributed by atoms with E-state index in [9.17, 15) is 0 Å². The molecule has 0 spiro atoms.